The van der Waals surface area contributed by atoms with Gasteiger partial charge in [0, 0.05) is 18.7 Å². The molecule has 2 rings (SSSR count). The highest BCUT2D eigenvalue weighted by atomic mass is 32.2. The van der Waals surface area contributed by atoms with E-state index in [0.717, 1.165) is 25.1 Å². The monoisotopic (exact) mass is 263 g/mol. The number of carbonyl (C=O) groups is 1. The van der Waals surface area contributed by atoms with E-state index < -0.39 is 0 Å². The van der Waals surface area contributed by atoms with Crippen LogP contribution in [0.3, 0.4) is 0 Å². The maximum atomic E-state index is 12.1. The van der Waals surface area contributed by atoms with Gasteiger partial charge in [-0.2, -0.15) is 0 Å². The molecular weight excluding hydrogens is 242 g/mol. The van der Waals surface area contributed by atoms with Crippen LogP contribution >= 0.6 is 11.8 Å². The third-order valence-corrected chi connectivity index (χ3v) is 4.67. The molecule has 3 heteroatoms. The minimum atomic E-state index is 0.221. The van der Waals surface area contributed by atoms with Gasteiger partial charge in [-0.1, -0.05) is 37.6 Å². The van der Waals surface area contributed by atoms with Crippen molar-refractivity contribution < 1.29 is 4.79 Å². The lowest BCUT2D eigenvalue weighted by Crippen LogP contribution is -2.38. The van der Waals surface area contributed by atoms with Gasteiger partial charge in [-0.25, -0.2) is 0 Å². The number of carbonyl (C=O) groups excluding carboxylic acids is 1. The first-order valence-corrected chi connectivity index (χ1v) is 7.75. The molecule has 0 aromatic heterocycles. The third-order valence-electron chi connectivity index (χ3n) is 3.40. The highest BCUT2D eigenvalue weighted by molar-refractivity contribution is 7.99. The summed E-state index contributed by atoms with van der Waals surface area (Å²) in [5, 5.41) is 0.221. The minimum absolute atomic E-state index is 0.221. The molecule has 1 unspecified atom stereocenters. The fourth-order valence-electron chi connectivity index (χ4n) is 2.31. The smallest absolute Gasteiger partial charge is 0.224 e. The predicted octanol–water partition coefficient (Wildman–Crippen LogP) is 3.76. The average molecular weight is 263 g/mol. The van der Waals surface area contributed by atoms with Crippen LogP contribution in [0.2, 0.25) is 0 Å². The second-order valence-corrected chi connectivity index (χ2v) is 5.96. The Morgan fingerprint density at radius 2 is 2.17 bits per heavy atom. The summed E-state index contributed by atoms with van der Waals surface area (Å²) in [5.41, 5.74) is 2.58. The van der Waals surface area contributed by atoms with Crippen LogP contribution in [0.4, 0.5) is 0 Å². The van der Waals surface area contributed by atoms with Crippen LogP contribution in [0.1, 0.15) is 42.7 Å². The Morgan fingerprint density at radius 1 is 1.39 bits per heavy atom. The zero-order valence-electron chi connectivity index (χ0n) is 11.2. The highest BCUT2D eigenvalue weighted by Gasteiger charge is 2.29. The number of rotatable bonds is 4. The molecule has 1 saturated heterocycles. The fraction of sp³-hybridized carbons (Fsp3) is 0.533. The van der Waals surface area contributed by atoms with Crippen LogP contribution in [0.25, 0.3) is 0 Å². The Labute approximate surface area is 114 Å². The lowest BCUT2D eigenvalue weighted by Gasteiger charge is -2.36. The number of benzene rings is 1. The van der Waals surface area contributed by atoms with Crippen molar-refractivity contribution in [2.24, 2.45) is 0 Å². The third kappa shape index (κ3) is 2.89. The number of hydrogen-bond acceptors (Lipinski definition) is 2. The normalized spacial score (nSPS) is 20.2. The molecular formula is C15H21NOS. The van der Waals surface area contributed by atoms with Crippen molar-refractivity contribution in [2.45, 2.75) is 38.5 Å². The Balaban J connectivity index is 2.22. The van der Waals surface area contributed by atoms with Crippen LogP contribution in [0.5, 0.6) is 0 Å². The van der Waals surface area contributed by atoms with E-state index in [1.165, 1.54) is 11.1 Å². The van der Waals surface area contributed by atoms with E-state index in [1.54, 1.807) is 0 Å². The van der Waals surface area contributed by atoms with E-state index >= 15 is 0 Å². The van der Waals surface area contributed by atoms with Gasteiger partial charge in [0.05, 0.1) is 0 Å². The lowest BCUT2D eigenvalue weighted by molar-refractivity contribution is -0.132. The van der Waals surface area contributed by atoms with E-state index in [0.29, 0.717) is 12.3 Å². The molecule has 1 atom stereocenters. The molecule has 1 aromatic carbocycles. The average Bonchev–Trinajstić information content (AvgIpc) is 2.38. The van der Waals surface area contributed by atoms with E-state index in [4.69, 9.17) is 0 Å². The van der Waals surface area contributed by atoms with Gasteiger partial charge >= 0.3 is 0 Å². The van der Waals surface area contributed by atoms with E-state index in [1.807, 2.05) is 11.8 Å². The van der Waals surface area contributed by atoms with Gasteiger partial charge < -0.3 is 4.90 Å². The van der Waals surface area contributed by atoms with Crippen molar-refractivity contribution in [2.75, 3.05) is 12.3 Å². The molecule has 1 heterocycles. The first kappa shape index (κ1) is 13.5. The first-order valence-electron chi connectivity index (χ1n) is 6.70. The summed E-state index contributed by atoms with van der Waals surface area (Å²) in [6.45, 7) is 5.19. The molecule has 0 N–H and O–H groups in total. The van der Waals surface area contributed by atoms with Crippen molar-refractivity contribution in [3.05, 3.63) is 35.4 Å². The highest BCUT2D eigenvalue weighted by Crippen LogP contribution is 2.38. The van der Waals surface area contributed by atoms with Gasteiger partial charge in [0.15, 0.2) is 0 Å². The summed E-state index contributed by atoms with van der Waals surface area (Å²) in [7, 11) is 0. The Morgan fingerprint density at radius 3 is 2.89 bits per heavy atom. The van der Waals surface area contributed by atoms with Crippen molar-refractivity contribution in [3.63, 3.8) is 0 Å². The number of aryl methyl sites for hydroxylation is 1. The van der Waals surface area contributed by atoms with Gasteiger partial charge in [-0.15, -0.1) is 11.8 Å². The zero-order valence-corrected chi connectivity index (χ0v) is 12.0. The summed E-state index contributed by atoms with van der Waals surface area (Å²) < 4.78 is 0. The van der Waals surface area contributed by atoms with Gasteiger partial charge in [0.2, 0.25) is 5.91 Å². The summed E-state index contributed by atoms with van der Waals surface area (Å²) in [5.74, 6) is 1.26. The standard InChI is InChI=1S/C15H21NOS/c1-3-4-10-16-14(17)9-11-18-15(16)13-8-6-5-7-12(13)2/h5-8,15H,3-4,9-11H2,1-2H3. The fourth-order valence-corrected chi connectivity index (χ4v) is 3.68. The topological polar surface area (TPSA) is 20.3 Å². The van der Waals surface area contributed by atoms with Crippen LogP contribution < -0.4 is 0 Å². The van der Waals surface area contributed by atoms with Crippen molar-refractivity contribution >= 4 is 17.7 Å². The van der Waals surface area contributed by atoms with Crippen LogP contribution in [0.15, 0.2) is 24.3 Å². The molecule has 0 bridgehead atoms. The predicted molar refractivity (Wildman–Crippen MR) is 77.6 cm³/mol. The Kier molecular flexibility index (Phi) is 4.70. The second-order valence-electron chi connectivity index (χ2n) is 4.77. The quantitative estimate of drug-likeness (QED) is 0.824. The van der Waals surface area contributed by atoms with E-state index in [-0.39, 0.29) is 5.37 Å². The first-order chi connectivity index (χ1) is 8.74. The van der Waals surface area contributed by atoms with Gasteiger partial charge in [0.25, 0.3) is 0 Å². The SMILES string of the molecule is CCCCN1C(=O)CCSC1c1ccccc1C. The number of amides is 1. The van der Waals surface area contributed by atoms with Gasteiger partial charge in [-0.3, -0.25) is 4.79 Å². The van der Waals surface area contributed by atoms with Crippen LogP contribution in [-0.2, 0) is 4.79 Å². The van der Waals surface area contributed by atoms with Crippen molar-refractivity contribution in [1.29, 1.82) is 0 Å². The summed E-state index contributed by atoms with van der Waals surface area (Å²) in [6.07, 6.45) is 2.92. The molecule has 18 heavy (non-hydrogen) atoms. The number of unbranched alkanes of at least 4 members (excludes halogenated alkanes) is 1. The van der Waals surface area contributed by atoms with E-state index in [2.05, 4.69) is 43.0 Å². The number of hydrogen-bond donors (Lipinski definition) is 0. The molecule has 0 saturated carbocycles. The molecule has 0 radical (unpaired) electrons. The van der Waals surface area contributed by atoms with E-state index in [9.17, 15) is 4.79 Å². The lowest BCUT2D eigenvalue weighted by atomic mass is 10.1. The maximum Gasteiger partial charge on any atom is 0.224 e. The van der Waals surface area contributed by atoms with Crippen LogP contribution in [-0.4, -0.2) is 23.1 Å². The molecule has 1 amide bonds. The maximum absolute atomic E-state index is 12.1. The van der Waals surface area contributed by atoms with Gasteiger partial charge in [-0.05, 0) is 24.5 Å². The molecule has 2 nitrogen and oxygen atoms in total. The Bertz CT molecular complexity index is 419. The molecule has 1 aliphatic rings. The zero-order chi connectivity index (χ0) is 13.0. The summed E-state index contributed by atoms with van der Waals surface area (Å²) in [4.78, 5) is 14.2. The Hall–Kier alpha value is -0.960. The largest absolute Gasteiger partial charge is 0.327 e. The molecule has 1 fully saturated rings. The minimum Gasteiger partial charge on any atom is -0.327 e. The van der Waals surface area contributed by atoms with Crippen LogP contribution in [0, 0.1) is 6.92 Å². The molecule has 1 aromatic rings. The number of nitrogens with zero attached hydrogens (tertiary/aromatic N) is 1. The van der Waals surface area contributed by atoms with Crippen molar-refractivity contribution in [1.82, 2.24) is 4.90 Å². The molecule has 0 aliphatic carbocycles. The van der Waals surface area contributed by atoms with Crippen molar-refractivity contribution in [3.8, 4) is 0 Å². The molecule has 98 valence electrons. The summed E-state index contributed by atoms with van der Waals surface area (Å²) >= 11 is 1.90. The molecule has 0 spiro atoms. The van der Waals surface area contributed by atoms with Gasteiger partial charge in [0.1, 0.15) is 5.37 Å². The summed E-state index contributed by atoms with van der Waals surface area (Å²) in [6, 6.07) is 8.42. The number of thioether (sulfide) groups is 1. The molecule has 1 aliphatic heterocycles. The second kappa shape index (κ2) is 6.28.